The second-order valence-corrected chi connectivity index (χ2v) is 5.45. The third-order valence-corrected chi connectivity index (χ3v) is 3.79. The predicted molar refractivity (Wildman–Crippen MR) is 82.5 cm³/mol. The number of hydrogen-bond acceptors (Lipinski definition) is 4. The van der Waals surface area contributed by atoms with Gasteiger partial charge in [-0.2, -0.15) is 5.10 Å². The van der Waals surface area contributed by atoms with Gasteiger partial charge < -0.3 is 4.40 Å². The molecule has 0 amide bonds. The topological polar surface area (TPSA) is 71.8 Å². The van der Waals surface area contributed by atoms with Crippen molar-refractivity contribution in [2.75, 3.05) is 0 Å². The van der Waals surface area contributed by atoms with Gasteiger partial charge in [-0.15, -0.1) is 0 Å². The number of fused-ring (bicyclic) bond motifs is 1. The number of halogens is 4. The molecule has 0 radical (unpaired) electrons. The van der Waals surface area contributed by atoms with Gasteiger partial charge in [0.05, 0.1) is 5.69 Å². The van der Waals surface area contributed by atoms with Gasteiger partial charge in [-0.05, 0) is 12.1 Å². The van der Waals surface area contributed by atoms with Crippen LogP contribution in [0.3, 0.4) is 0 Å². The average Bonchev–Trinajstić information content (AvgIpc) is 3.27. The highest BCUT2D eigenvalue weighted by Crippen LogP contribution is 2.22. The van der Waals surface area contributed by atoms with Gasteiger partial charge in [0, 0.05) is 30.6 Å². The number of rotatable bonds is 4. The van der Waals surface area contributed by atoms with Crippen LogP contribution in [0.15, 0.2) is 36.8 Å². The van der Waals surface area contributed by atoms with Crippen LogP contribution in [0.25, 0.3) is 17.2 Å². The van der Waals surface area contributed by atoms with Gasteiger partial charge in [-0.25, -0.2) is 32.5 Å². The number of aromatic amines is 1. The summed E-state index contributed by atoms with van der Waals surface area (Å²) in [5.74, 6) is -2.06. The molecule has 1 N–H and O–H groups in total. The molecule has 3 heterocycles. The third-order valence-electron chi connectivity index (χ3n) is 3.79. The molecule has 4 rings (SSSR count). The van der Waals surface area contributed by atoms with Gasteiger partial charge in [-0.1, -0.05) is 6.07 Å². The maximum Gasteiger partial charge on any atom is 0.296 e. The lowest BCUT2D eigenvalue weighted by Gasteiger charge is -2.07. The summed E-state index contributed by atoms with van der Waals surface area (Å²) in [5, 5.41) is 5.86. The fraction of sp³-hybridized carbons (Fsp3) is 0.125. The van der Waals surface area contributed by atoms with Crippen molar-refractivity contribution in [1.82, 2.24) is 29.5 Å². The molecule has 0 unspecified atom stereocenters. The van der Waals surface area contributed by atoms with Gasteiger partial charge in [0.2, 0.25) is 5.82 Å². The van der Waals surface area contributed by atoms with Gasteiger partial charge in [-0.3, -0.25) is 5.10 Å². The molecule has 0 atom stereocenters. The largest absolute Gasteiger partial charge is 0.303 e. The van der Waals surface area contributed by atoms with Crippen LogP contribution in [0.4, 0.5) is 17.6 Å². The van der Waals surface area contributed by atoms with Crippen LogP contribution in [0.1, 0.15) is 23.5 Å². The molecule has 0 bridgehead atoms. The number of hydrogen-bond donors (Lipinski definition) is 1. The summed E-state index contributed by atoms with van der Waals surface area (Å²) in [6.07, 6.45) is 1.62. The van der Waals surface area contributed by atoms with E-state index >= 15 is 0 Å². The van der Waals surface area contributed by atoms with Crippen molar-refractivity contribution in [1.29, 1.82) is 0 Å². The van der Waals surface area contributed by atoms with Crippen molar-refractivity contribution in [3.8, 4) is 11.5 Å². The third kappa shape index (κ3) is 2.79. The Kier molecular flexibility index (Phi) is 3.86. The molecule has 0 aliphatic carbocycles. The fourth-order valence-corrected chi connectivity index (χ4v) is 2.58. The van der Waals surface area contributed by atoms with E-state index in [2.05, 4.69) is 25.1 Å². The van der Waals surface area contributed by atoms with Crippen molar-refractivity contribution >= 4 is 5.65 Å². The number of imidazole rings is 1. The first-order chi connectivity index (χ1) is 12.5. The highest BCUT2D eigenvalue weighted by Gasteiger charge is 2.18. The Morgan fingerprint density at radius 2 is 1.88 bits per heavy atom. The summed E-state index contributed by atoms with van der Waals surface area (Å²) in [6, 6.07) is 3.56. The van der Waals surface area contributed by atoms with Crippen LogP contribution in [-0.4, -0.2) is 29.5 Å². The minimum Gasteiger partial charge on any atom is -0.303 e. The number of aromatic nitrogens is 6. The SMILES string of the molecule is Fc1cccc(F)c1Cc1nc(-c2n[nH]c(C(F)F)n2)cn2ccnc12. The molecule has 0 aliphatic rings. The van der Waals surface area contributed by atoms with Gasteiger partial charge in [0.1, 0.15) is 17.3 Å². The first-order valence-electron chi connectivity index (χ1n) is 7.49. The van der Waals surface area contributed by atoms with E-state index in [-0.39, 0.29) is 29.2 Å². The number of benzene rings is 1. The van der Waals surface area contributed by atoms with Crippen LogP contribution in [0.2, 0.25) is 0 Å². The van der Waals surface area contributed by atoms with Crippen molar-refractivity contribution in [2.45, 2.75) is 12.8 Å². The monoisotopic (exact) mass is 362 g/mol. The molecule has 3 aromatic heterocycles. The molecule has 0 spiro atoms. The smallest absolute Gasteiger partial charge is 0.296 e. The van der Waals surface area contributed by atoms with Crippen LogP contribution in [0, 0.1) is 11.6 Å². The van der Waals surface area contributed by atoms with Crippen molar-refractivity contribution in [3.63, 3.8) is 0 Å². The number of nitrogens with one attached hydrogen (secondary N) is 1. The van der Waals surface area contributed by atoms with E-state index in [0.717, 1.165) is 12.1 Å². The van der Waals surface area contributed by atoms with E-state index in [4.69, 9.17) is 0 Å². The lowest BCUT2D eigenvalue weighted by molar-refractivity contribution is 0.141. The maximum absolute atomic E-state index is 14.0. The van der Waals surface area contributed by atoms with Crippen molar-refractivity contribution in [2.24, 2.45) is 0 Å². The fourth-order valence-electron chi connectivity index (χ4n) is 2.58. The normalized spacial score (nSPS) is 11.6. The molecule has 6 nitrogen and oxygen atoms in total. The molecule has 4 aromatic rings. The molecular formula is C16H10F4N6. The standard InChI is InChI=1S/C16H10F4N6/c17-9-2-1-3-10(18)8(9)6-11-16-21-4-5-26(16)7-12(22-11)14-23-15(13(19)20)25-24-14/h1-5,7,13H,6H2,(H,23,24,25). The van der Waals surface area contributed by atoms with E-state index in [1.54, 1.807) is 10.6 Å². The van der Waals surface area contributed by atoms with Crippen molar-refractivity contribution < 1.29 is 17.6 Å². The maximum atomic E-state index is 14.0. The zero-order chi connectivity index (χ0) is 18.3. The van der Waals surface area contributed by atoms with Crippen LogP contribution in [-0.2, 0) is 6.42 Å². The summed E-state index contributed by atoms with van der Waals surface area (Å²) >= 11 is 0. The van der Waals surface area contributed by atoms with Gasteiger partial charge in [0.25, 0.3) is 6.43 Å². The first-order valence-corrected chi connectivity index (χ1v) is 7.49. The summed E-state index contributed by atoms with van der Waals surface area (Å²) in [5.41, 5.74) is 0.664. The summed E-state index contributed by atoms with van der Waals surface area (Å²) < 4.78 is 54.9. The number of nitrogens with zero attached hydrogens (tertiary/aromatic N) is 5. The van der Waals surface area contributed by atoms with E-state index < -0.39 is 23.9 Å². The summed E-state index contributed by atoms with van der Waals surface area (Å²) in [4.78, 5) is 12.1. The first kappa shape index (κ1) is 16.2. The predicted octanol–water partition coefficient (Wildman–Crippen LogP) is 3.32. The second kappa shape index (κ2) is 6.21. The van der Waals surface area contributed by atoms with E-state index in [1.807, 2.05) is 0 Å². The highest BCUT2D eigenvalue weighted by molar-refractivity contribution is 5.55. The molecule has 0 saturated carbocycles. The average molecular weight is 362 g/mol. The Bertz CT molecular complexity index is 1070. The van der Waals surface area contributed by atoms with Gasteiger partial charge >= 0.3 is 0 Å². The molecule has 0 saturated heterocycles. The lowest BCUT2D eigenvalue weighted by Crippen LogP contribution is -2.04. The minimum absolute atomic E-state index is 0.0499. The molecule has 0 aliphatic heterocycles. The van der Waals surface area contributed by atoms with Crippen LogP contribution >= 0.6 is 0 Å². The van der Waals surface area contributed by atoms with E-state index in [9.17, 15) is 17.6 Å². The summed E-state index contributed by atoms with van der Waals surface area (Å²) in [7, 11) is 0. The molecule has 1 aromatic carbocycles. The quantitative estimate of drug-likeness (QED) is 0.566. The van der Waals surface area contributed by atoms with Crippen molar-refractivity contribution in [3.05, 3.63) is 65.5 Å². The Balaban J connectivity index is 1.82. The molecule has 26 heavy (non-hydrogen) atoms. The number of alkyl halides is 2. The van der Waals surface area contributed by atoms with E-state index in [1.165, 1.54) is 18.5 Å². The van der Waals surface area contributed by atoms with Gasteiger partial charge in [0.15, 0.2) is 11.5 Å². The van der Waals surface area contributed by atoms with Crippen LogP contribution in [0.5, 0.6) is 0 Å². The lowest BCUT2D eigenvalue weighted by atomic mass is 10.1. The zero-order valence-electron chi connectivity index (χ0n) is 13.0. The van der Waals surface area contributed by atoms with Crippen LogP contribution < -0.4 is 0 Å². The Hall–Kier alpha value is -3.30. The molecular weight excluding hydrogens is 352 g/mol. The minimum atomic E-state index is -2.81. The highest BCUT2D eigenvalue weighted by atomic mass is 19.3. The Labute approximate surface area is 143 Å². The molecule has 0 fully saturated rings. The van der Waals surface area contributed by atoms with E-state index in [0.29, 0.717) is 5.65 Å². The second-order valence-electron chi connectivity index (χ2n) is 5.45. The Morgan fingerprint density at radius 1 is 1.12 bits per heavy atom. The number of H-pyrrole nitrogens is 1. The molecule has 10 heteroatoms. The zero-order valence-corrected chi connectivity index (χ0v) is 13.0. The Morgan fingerprint density at radius 3 is 2.58 bits per heavy atom. The summed E-state index contributed by atoms with van der Waals surface area (Å²) in [6.45, 7) is 0. The molecule has 132 valence electrons.